The van der Waals surface area contributed by atoms with Gasteiger partial charge in [-0.2, -0.15) is 0 Å². The van der Waals surface area contributed by atoms with Crippen LogP contribution in [0.3, 0.4) is 0 Å². The molecule has 0 spiro atoms. The second-order valence-electron chi connectivity index (χ2n) is 4.12. The minimum atomic E-state index is 0.0747. The van der Waals surface area contributed by atoms with Crippen molar-refractivity contribution in [2.45, 2.75) is 34.1 Å². The van der Waals surface area contributed by atoms with Crippen LogP contribution in [0.25, 0.3) is 0 Å². The summed E-state index contributed by atoms with van der Waals surface area (Å²) in [6.45, 7) is 8.03. The van der Waals surface area contributed by atoms with Gasteiger partial charge in [0.2, 0.25) is 5.91 Å². The van der Waals surface area contributed by atoms with Gasteiger partial charge in [-0.25, -0.2) is 0 Å². The standard InChI is InChI=1S/C13H19NO/c1-5-10(3)13(15)14-12-7-6-9(2)8-11(12)4/h6-8,10H,5H2,1-4H3,(H,14,15). The topological polar surface area (TPSA) is 29.1 Å². The predicted octanol–water partition coefficient (Wildman–Crippen LogP) is 3.29. The Morgan fingerprint density at radius 1 is 1.40 bits per heavy atom. The highest BCUT2D eigenvalue weighted by molar-refractivity contribution is 5.92. The van der Waals surface area contributed by atoms with E-state index in [1.165, 1.54) is 5.56 Å². The molecule has 1 rings (SSSR count). The molecule has 82 valence electrons. The van der Waals surface area contributed by atoms with Crippen molar-refractivity contribution in [3.63, 3.8) is 0 Å². The Balaban J connectivity index is 2.77. The van der Waals surface area contributed by atoms with E-state index in [4.69, 9.17) is 0 Å². The van der Waals surface area contributed by atoms with Crippen LogP contribution in [0.15, 0.2) is 18.2 Å². The van der Waals surface area contributed by atoms with Crippen molar-refractivity contribution in [1.29, 1.82) is 0 Å². The summed E-state index contributed by atoms with van der Waals surface area (Å²) in [7, 11) is 0. The van der Waals surface area contributed by atoms with Gasteiger partial charge in [-0.3, -0.25) is 4.79 Å². The van der Waals surface area contributed by atoms with E-state index in [0.29, 0.717) is 0 Å². The Kier molecular flexibility index (Phi) is 3.89. The number of carbonyl (C=O) groups excluding carboxylic acids is 1. The molecule has 0 radical (unpaired) electrons. The third kappa shape index (κ3) is 3.08. The highest BCUT2D eigenvalue weighted by atomic mass is 16.1. The van der Waals surface area contributed by atoms with E-state index >= 15 is 0 Å². The number of rotatable bonds is 3. The second-order valence-corrected chi connectivity index (χ2v) is 4.12. The van der Waals surface area contributed by atoms with Crippen LogP contribution in [0.5, 0.6) is 0 Å². The third-order valence-corrected chi connectivity index (χ3v) is 2.70. The number of carbonyl (C=O) groups is 1. The van der Waals surface area contributed by atoms with Crippen LogP contribution in [0.1, 0.15) is 31.4 Å². The minimum absolute atomic E-state index is 0.0747. The molecule has 0 bridgehead atoms. The van der Waals surface area contributed by atoms with Crippen molar-refractivity contribution in [2.24, 2.45) is 5.92 Å². The van der Waals surface area contributed by atoms with Crippen molar-refractivity contribution < 1.29 is 4.79 Å². The fourth-order valence-corrected chi connectivity index (χ4v) is 1.40. The van der Waals surface area contributed by atoms with Crippen LogP contribution in [0.4, 0.5) is 5.69 Å². The maximum Gasteiger partial charge on any atom is 0.227 e. The van der Waals surface area contributed by atoms with E-state index in [9.17, 15) is 4.79 Å². The maximum atomic E-state index is 11.7. The summed E-state index contributed by atoms with van der Waals surface area (Å²) >= 11 is 0. The molecule has 1 unspecified atom stereocenters. The molecule has 0 saturated carbocycles. The lowest BCUT2D eigenvalue weighted by atomic mass is 10.1. The maximum absolute atomic E-state index is 11.7. The molecule has 1 amide bonds. The molecule has 1 aromatic carbocycles. The van der Waals surface area contributed by atoms with Crippen LogP contribution in [0, 0.1) is 19.8 Å². The molecule has 0 fully saturated rings. The Morgan fingerprint density at radius 2 is 2.07 bits per heavy atom. The summed E-state index contributed by atoms with van der Waals surface area (Å²) in [5, 5.41) is 2.95. The molecule has 1 atom stereocenters. The smallest absolute Gasteiger partial charge is 0.227 e. The Hall–Kier alpha value is -1.31. The molecule has 1 N–H and O–H groups in total. The first-order chi connectivity index (χ1) is 7.04. The SMILES string of the molecule is CCC(C)C(=O)Nc1ccc(C)cc1C. The molecular weight excluding hydrogens is 186 g/mol. The Labute approximate surface area is 91.7 Å². The van der Waals surface area contributed by atoms with Crippen molar-refractivity contribution in [1.82, 2.24) is 0 Å². The molecule has 1 aromatic rings. The number of anilines is 1. The summed E-state index contributed by atoms with van der Waals surface area (Å²) in [4.78, 5) is 11.7. The summed E-state index contributed by atoms with van der Waals surface area (Å²) in [6.07, 6.45) is 0.872. The van der Waals surface area contributed by atoms with Crippen LogP contribution in [-0.2, 0) is 4.79 Å². The molecule has 0 aliphatic rings. The van der Waals surface area contributed by atoms with Gasteiger partial charge in [0.1, 0.15) is 0 Å². The fraction of sp³-hybridized carbons (Fsp3) is 0.462. The number of hydrogen-bond donors (Lipinski definition) is 1. The predicted molar refractivity (Wildman–Crippen MR) is 64.0 cm³/mol. The minimum Gasteiger partial charge on any atom is -0.326 e. The van der Waals surface area contributed by atoms with Gasteiger partial charge in [-0.05, 0) is 31.9 Å². The van der Waals surface area contributed by atoms with Crippen LogP contribution >= 0.6 is 0 Å². The normalized spacial score (nSPS) is 12.3. The summed E-state index contributed by atoms with van der Waals surface area (Å²) < 4.78 is 0. The van der Waals surface area contributed by atoms with Gasteiger partial charge < -0.3 is 5.32 Å². The van der Waals surface area contributed by atoms with E-state index in [1.54, 1.807) is 0 Å². The number of aryl methyl sites for hydroxylation is 2. The lowest BCUT2D eigenvalue weighted by Crippen LogP contribution is -2.20. The van der Waals surface area contributed by atoms with E-state index < -0.39 is 0 Å². The largest absolute Gasteiger partial charge is 0.326 e. The second kappa shape index (κ2) is 4.96. The van der Waals surface area contributed by atoms with Crippen molar-refractivity contribution in [2.75, 3.05) is 5.32 Å². The Bertz CT molecular complexity index is 358. The van der Waals surface area contributed by atoms with Crippen molar-refractivity contribution in [3.8, 4) is 0 Å². The van der Waals surface area contributed by atoms with Gasteiger partial charge in [-0.15, -0.1) is 0 Å². The van der Waals surface area contributed by atoms with Crippen LogP contribution < -0.4 is 5.32 Å². The molecule has 15 heavy (non-hydrogen) atoms. The van der Waals surface area contributed by atoms with E-state index in [1.807, 2.05) is 39.8 Å². The highest BCUT2D eigenvalue weighted by Gasteiger charge is 2.11. The molecule has 0 aliphatic heterocycles. The fourth-order valence-electron chi connectivity index (χ4n) is 1.40. The summed E-state index contributed by atoms with van der Waals surface area (Å²) in [6, 6.07) is 6.05. The van der Waals surface area contributed by atoms with Gasteiger partial charge in [0.15, 0.2) is 0 Å². The van der Waals surface area contributed by atoms with Crippen molar-refractivity contribution in [3.05, 3.63) is 29.3 Å². The zero-order valence-corrected chi connectivity index (χ0v) is 9.92. The summed E-state index contributed by atoms with van der Waals surface area (Å²) in [5.41, 5.74) is 3.26. The van der Waals surface area contributed by atoms with Crippen LogP contribution in [0.2, 0.25) is 0 Å². The molecule has 2 heteroatoms. The molecule has 0 aliphatic carbocycles. The zero-order valence-electron chi connectivity index (χ0n) is 9.92. The number of nitrogens with one attached hydrogen (secondary N) is 1. The molecular formula is C13H19NO. The van der Waals surface area contributed by atoms with E-state index in [2.05, 4.69) is 11.4 Å². The van der Waals surface area contributed by atoms with E-state index in [0.717, 1.165) is 17.7 Å². The lowest BCUT2D eigenvalue weighted by molar-refractivity contribution is -0.119. The first-order valence-electron chi connectivity index (χ1n) is 5.42. The quantitative estimate of drug-likeness (QED) is 0.806. The zero-order chi connectivity index (χ0) is 11.4. The number of amides is 1. The molecule has 2 nitrogen and oxygen atoms in total. The van der Waals surface area contributed by atoms with Gasteiger partial charge in [0.25, 0.3) is 0 Å². The van der Waals surface area contributed by atoms with Gasteiger partial charge in [0, 0.05) is 11.6 Å². The third-order valence-electron chi connectivity index (χ3n) is 2.70. The van der Waals surface area contributed by atoms with Crippen molar-refractivity contribution >= 4 is 11.6 Å². The number of benzene rings is 1. The monoisotopic (exact) mass is 205 g/mol. The average molecular weight is 205 g/mol. The average Bonchev–Trinajstić information content (AvgIpc) is 2.20. The van der Waals surface area contributed by atoms with Crippen LogP contribution in [-0.4, -0.2) is 5.91 Å². The van der Waals surface area contributed by atoms with E-state index in [-0.39, 0.29) is 11.8 Å². The molecule has 0 saturated heterocycles. The van der Waals surface area contributed by atoms with Gasteiger partial charge >= 0.3 is 0 Å². The summed E-state index contributed by atoms with van der Waals surface area (Å²) in [5.74, 6) is 0.176. The first-order valence-corrected chi connectivity index (χ1v) is 5.42. The first kappa shape index (κ1) is 11.8. The van der Waals surface area contributed by atoms with Gasteiger partial charge in [0.05, 0.1) is 0 Å². The molecule has 0 aromatic heterocycles. The molecule has 0 heterocycles. The number of hydrogen-bond acceptors (Lipinski definition) is 1. The Morgan fingerprint density at radius 3 is 2.60 bits per heavy atom. The lowest BCUT2D eigenvalue weighted by Gasteiger charge is -2.12. The highest BCUT2D eigenvalue weighted by Crippen LogP contribution is 2.17. The van der Waals surface area contributed by atoms with Gasteiger partial charge in [-0.1, -0.05) is 31.5 Å².